The first-order chi connectivity index (χ1) is 15.3. The second-order valence-electron chi connectivity index (χ2n) is 7.85. The van der Waals surface area contributed by atoms with E-state index in [9.17, 15) is 0 Å². The molecular formula is C24H34IN5OS. The van der Waals surface area contributed by atoms with Gasteiger partial charge in [0.05, 0.1) is 25.8 Å². The summed E-state index contributed by atoms with van der Waals surface area (Å²) in [7, 11) is 0. The molecule has 1 unspecified atom stereocenters. The lowest BCUT2D eigenvalue weighted by molar-refractivity contribution is 0.0186. The van der Waals surface area contributed by atoms with Crippen LogP contribution in [0.3, 0.4) is 0 Å². The Kier molecular flexibility index (Phi) is 9.83. The van der Waals surface area contributed by atoms with Crippen LogP contribution in [0.15, 0.2) is 46.8 Å². The number of aliphatic imine (C=N–C) groups is 1. The molecule has 0 spiro atoms. The zero-order chi connectivity index (χ0) is 21.5. The number of hydrogen-bond acceptors (Lipinski definition) is 4. The molecule has 1 fully saturated rings. The van der Waals surface area contributed by atoms with Gasteiger partial charge in [-0.25, -0.2) is 0 Å². The van der Waals surface area contributed by atoms with Crippen LogP contribution in [-0.4, -0.2) is 61.8 Å². The van der Waals surface area contributed by atoms with Crippen LogP contribution in [0.4, 0.5) is 0 Å². The number of benzene rings is 1. The van der Waals surface area contributed by atoms with Crippen molar-refractivity contribution in [2.24, 2.45) is 4.99 Å². The molecule has 3 heterocycles. The van der Waals surface area contributed by atoms with Gasteiger partial charge in [0, 0.05) is 47.7 Å². The van der Waals surface area contributed by atoms with Gasteiger partial charge in [0.25, 0.3) is 0 Å². The molecule has 1 aromatic carbocycles. The van der Waals surface area contributed by atoms with E-state index in [1.165, 1.54) is 27.0 Å². The topological polar surface area (TPSA) is 64.7 Å². The van der Waals surface area contributed by atoms with Crippen LogP contribution in [0.2, 0.25) is 0 Å². The van der Waals surface area contributed by atoms with Crippen LogP contribution in [0.25, 0.3) is 10.9 Å². The molecule has 1 atom stereocenters. The molecule has 0 saturated carbocycles. The Labute approximate surface area is 211 Å². The molecule has 1 aliphatic heterocycles. The van der Waals surface area contributed by atoms with E-state index in [1.54, 1.807) is 0 Å². The Morgan fingerprint density at radius 3 is 2.75 bits per heavy atom. The number of nitrogens with zero attached hydrogens (tertiary/aromatic N) is 2. The lowest BCUT2D eigenvalue weighted by atomic mass is 10.1. The Morgan fingerprint density at radius 2 is 2.00 bits per heavy atom. The van der Waals surface area contributed by atoms with Crippen molar-refractivity contribution in [1.82, 2.24) is 20.5 Å². The maximum atomic E-state index is 5.56. The number of H-pyrrole nitrogens is 1. The normalized spacial score (nSPS) is 16.0. The highest BCUT2D eigenvalue weighted by atomic mass is 127. The van der Waals surface area contributed by atoms with Crippen molar-refractivity contribution < 1.29 is 4.74 Å². The number of aryl methyl sites for hydroxylation is 1. The summed E-state index contributed by atoms with van der Waals surface area (Å²) in [6.07, 6.45) is 0.956. The number of nitrogens with one attached hydrogen (secondary N) is 3. The van der Waals surface area contributed by atoms with E-state index in [0.717, 1.165) is 58.3 Å². The minimum absolute atomic E-state index is 0. The molecular weight excluding hydrogens is 533 g/mol. The molecule has 6 nitrogen and oxygen atoms in total. The van der Waals surface area contributed by atoms with E-state index < -0.39 is 0 Å². The highest BCUT2D eigenvalue weighted by Gasteiger charge is 2.23. The molecule has 8 heteroatoms. The minimum Gasteiger partial charge on any atom is -0.379 e. The SMILES string of the molecule is CCNC(=NCC(c1cccs1)N1CCOCC1)NCCc1c(C)[nH]c2ccccc12.I. The number of morpholine rings is 1. The summed E-state index contributed by atoms with van der Waals surface area (Å²) < 4.78 is 5.56. The molecule has 1 aliphatic rings. The zero-order valence-corrected chi connectivity index (χ0v) is 22.0. The number of guanidine groups is 1. The van der Waals surface area contributed by atoms with E-state index in [1.807, 2.05) is 11.3 Å². The molecule has 0 bridgehead atoms. The first-order valence-corrected chi connectivity index (χ1v) is 12.1. The monoisotopic (exact) mass is 567 g/mol. The van der Waals surface area contributed by atoms with E-state index in [4.69, 9.17) is 9.73 Å². The highest BCUT2D eigenvalue weighted by molar-refractivity contribution is 14.0. The fourth-order valence-electron chi connectivity index (χ4n) is 4.24. The van der Waals surface area contributed by atoms with Crippen molar-refractivity contribution in [1.29, 1.82) is 0 Å². The molecule has 0 aliphatic carbocycles. The van der Waals surface area contributed by atoms with Gasteiger partial charge in [-0.3, -0.25) is 9.89 Å². The molecule has 0 radical (unpaired) electrons. The van der Waals surface area contributed by atoms with Gasteiger partial charge in [-0.1, -0.05) is 24.3 Å². The quantitative estimate of drug-likeness (QED) is 0.216. The maximum absolute atomic E-state index is 5.56. The molecule has 3 N–H and O–H groups in total. The van der Waals surface area contributed by atoms with Crippen LogP contribution >= 0.6 is 35.3 Å². The number of thiophene rings is 1. The number of para-hydroxylation sites is 1. The van der Waals surface area contributed by atoms with Gasteiger partial charge in [0.2, 0.25) is 0 Å². The zero-order valence-electron chi connectivity index (χ0n) is 18.9. The number of fused-ring (bicyclic) bond motifs is 1. The number of aromatic amines is 1. The third kappa shape index (κ3) is 6.24. The van der Waals surface area contributed by atoms with Crippen molar-refractivity contribution in [3.63, 3.8) is 0 Å². The van der Waals surface area contributed by atoms with Crippen molar-refractivity contribution in [3.05, 3.63) is 57.9 Å². The molecule has 4 rings (SSSR count). The number of rotatable bonds is 8. The van der Waals surface area contributed by atoms with Crippen LogP contribution < -0.4 is 10.6 Å². The lowest BCUT2D eigenvalue weighted by Crippen LogP contribution is -2.42. The summed E-state index contributed by atoms with van der Waals surface area (Å²) >= 11 is 1.81. The van der Waals surface area contributed by atoms with Gasteiger partial charge in [-0.05, 0) is 43.3 Å². The van der Waals surface area contributed by atoms with Crippen molar-refractivity contribution in [2.45, 2.75) is 26.3 Å². The maximum Gasteiger partial charge on any atom is 0.191 e. The van der Waals surface area contributed by atoms with Crippen LogP contribution in [0, 0.1) is 6.92 Å². The van der Waals surface area contributed by atoms with Crippen molar-refractivity contribution >= 4 is 52.2 Å². The average molecular weight is 568 g/mol. The highest BCUT2D eigenvalue weighted by Crippen LogP contribution is 2.26. The van der Waals surface area contributed by atoms with Gasteiger partial charge < -0.3 is 20.4 Å². The van der Waals surface area contributed by atoms with Gasteiger partial charge in [0.15, 0.2) is 5.96 Å². The average Bonchev–Trinajstić information content (AvgIpc) is 3.43. The minimum atomic E-state index is 0. The molecule has 0 amide bonds. The van der Waals surface area contributed by atoms with Crippen LogP contribution in [0.5, 0.6) is 0 Å². The Hall–Kier alpha value is -1.62. The van der Waals surface area contributed by atoms with E-state index in [-0.39, 0.29) is 24.0 Å². The molecule has 174 valence electrons. The van der Waals surface area contributed by atoms with Gasteiger partial charge in [0.1, 0.15) is 0 Å². The van der Waals surface area contributed by atoms with Gasteiger partial charge in [-0.15, -0.1) is 35.3 Å². The first kappa shape index (κ1) is 25.0. The second-order valence-corrected chi connectivity index (χ2v) is 8.83. The molecule has 1 saturated heterocycles. The van der Waals surface area contributed by atoms with Crippen LogP contribution in [0.1, 0.15) is 29.1 Å². The standard InChI is InChI=1S/C24H33N5OS.HI/c1-3-25-24(26-11-10-19-18(2)28-21-8-5-4-7-20(19)21)27-17-22(23-9-6-16-31-23)29-12-14-30-15-13-29;/h4-9,16,22,28H,3,10-15,17H2,1-2H3,(H2,25,26,27);1H. The summed E-state index contributed by atoms with van der Waals surface area (Å²) in [5, 5.41) is 10.4. The lowest BCUT2D eigenvalue weighted by Gasteiger charge is -2.33. The number of hydrogen-bond donors (Lipinski definition) is 3. The van der Waals surface area contributed by atoms with Crippen molar-refractivity contribution in [2.75, 3.05) is 45.9 Å². The summed E-state index contributed by atoms with van der Waals surface area (Å²) in [4.78, 5) is 12.3. The first-order valence-electron chi connectivity index (χ1n) is 11.2. The van der Waals surface area contributed by atoms with Crippen LogP contribution in [-0.2, 0) is 11.2 Å². The number of aromatic nitrogens is 1. The Balaban J connectivity index is 0.00000289. The summed E-state index contributed by atoms with van der Waals surface area (Å²) in [6, 6.07) is 13.2. The predicted molar refractivity (Wildman–Crippen MR) is 146 cm³/mol. The predicted octanol–water partition coefficient (Wildman–Crippen LogP) is 4.33. The molecule has 32 heavy (non-hydrogen) atoms. The third-order valence-electron chi connectivity index (χ3n) is 5.82. The summed E-state index contributed by atoms with van der Waals surface area (Å²) in [5.74, 6) is 0.884. The smallest absolute Gasteiger partial charge is 0.191 e. The Bertz CT molecular complexity index is 982. The van der Waals surface area contributed by atoms with E-state index in [2.05, 4.69) is 76.1 Å². The fourth-order valence-corrected chi connectivity index (χ4v) is 5.09. The molecule has 3 aromatic rings. The van der Waals surface area contributed by atoms with E-state index in [0.29, 0.717) is 6.04 Å². The van der Waals surface area contributed by atoms with Gasteiger partial charge >= 0.3 is 0 Å². The summed E-state index contributed by atoms with van der Waals surface area (Å²) in [5.41, 5.74) is 3.83. The van der Waals surface area contributed by atoms with Crippen molar-refractivity contribution in [3.8, 4) is 0 Å². The number of ether oxygens (including phenoxy) is 1. The van der Waals surface area contributed by atoms with E-state index >= 15 is 0 Å². The second kappa shape index (κ2) is 12.6. The molecule has 2 aromatic heterocycles. The van der Waals surface area contributed by atoms with Gasteiger partial charge in [-0.2, -0.15) is 0 Å². The number of halogens is 1. The third-order valence-corrected chi connectivity index (χ3v) is 6.79. The largest absolute Gasteiger partial charge is 0.379 e. The fraction of sp³-hybridized carbons (Fsp3) is 0.458. The Morgan fingerprint density at radius 1 is 1.19 bits per heavy atom. The summed E-state index contributed by atoms with van der Waals surface area (Å²) in [6.45, 7) is 10.2.